The van der Waals surface area contributed by atoms with Crippen molar-refractivity contribution < 1.29 is 0 Å². The number of nitrogens with zero attached hydrogens (tertiary/aromatic N) is 2. The van der Waals surface area contributed by atoms with Gasteiger partial charge in [0.05, 0.1) is 5.56 Å². The summed E-state index contributed by atoms with van der Waals surface area (Å²) in [6.45, 7) is 5.25. The Labute approximate surface area is 115 Å². The molecule has 0 bridgehead atoms. The standard InChI is InChI=1S/C15H24N4/c1-3-12-7-5-4-6-10-19(12)15-13(14(16)17)11(2)8-9-18-15/h8-9,12H,3-7,10H2,1-2H3,(H3,16,17). The SMILES string of the molecule is CCC1CCCCCN1c1nccc(C)c1C(=N)N. The van der Waals surface area contributed by atoms with E-state index in [0.29, 0.717) is 6.04 Å². The van der Waals surface area contributed by atoms with Crippen LogP contribution >= 0.6 is 0 Å². The van der Waals surface area contributed by atoms with Crippen LogP contribution in [0.4, 0.5) is 5.82 Å². The minimum Gasteiger partial charge on any atom is -0.384 e. The molecule has 0 spiro atoms. The van der Waals surface area contributed by atoms with Crippen LogP contribution in [-0.2, 0) is 0 Å². The summed E-state index contributed by atoms with van der Waals surface area (Å²) in [4.78, 5) is 6.90. The van der Waals surface area contributed by atoms with Gasteiger partial charge in [-0.2, -0.15) is 0 Å². The number of nitrogen functional groups attached to an aromatic ring is 1. The number of pyridine rings is 1. The molecule has 4 nitrogen and oxygen atoms in total. The van der Waals surface area contributed by atoms with Gasteiger partial charge in [0.15, 0.2) is 0 Å². The highest BCUT2D eigenvalue weighted by Gasteiger charge is 2.24. The first-order valence-electron chi connectivity index (χ1n) is 7.21. The van der Waals surface area contributed by atoms with Gasteiger partial charge in [0, 0.05) is 18.8 Å². The number of nitrogens with two attached hydrogens (primary N) is 1. The van der Waals surface area contributed by atoms with Crippen LogP contribution in [0.5, 0.6) is 0 Å². The predicted molar refractivity (Wildman–Crippen MR) is 79.9 cm³/mol. The van der Waals surface area contributed by atoms with E-state index < -0.39 is 0 Å². The largest absolute Gasteiger partial charge is 0.384 e. The smallest absolute Gasteiger partial charge is 0.140 e. The Morgan fingerprint density at radius 2 is 2.26 bits per heavy atom. The maximum Gasteiger partial charge on any atom is 0.140 e. The van der Waals surface area contributed by atoms with Gasteiger partial charge in [-0.25, -0.2) is 4.98 Å². The first kappa shape index (κ1) is 13.8. The molecular weight excluding hydrogens is 236 g/mol. The molecule has 1 fully saturated rings. The van der Waals surface area contributed by atoms with Crippen LogP contribution in [0, 0.1) is 12.3 Å². The Kier molecular flexibility index (Phi) is 4.40. The van der Waals surface area contributed by atoms with Crippen molar-refractivity contribution in [3.05, 3.63) is 23.4 Å². The molecule has 0 aromatic carbocycles. The highest BCUT2D eigenvalue weighted by molar-refractivity contribution is 6.01. The van der Waals surface area contributed by atoms with Gasteiger partial charge < -0.3 is 10.6 Å². The quantitative estimate of drug-likeness (QED) is 0.648. The second-order valence-electron chi connectivity index (χ2n) is 5.34. The van der Waals surface area contributed by atoms with E-state index in [1.54, 1.807) is 0 Å². The van der Waals surface area contributed by atoms with Gasteiger partial charge in [0.2, 0.25) is 0 Å². The molecule has 1 aliphatic rings. The molecule has 3 N–H and O–H groups in total. The van der Waals surface area contributed by atoms with Gasteiger partial charge in [-0.1, -0.05) is 19.8 Å². The van der Waals surface area contributed by atoms with Crippen LogP contribution in [0.25, 0.3) is 0 Å². The third-order valence-electron chi connectivity index (χ3n) is 4.03. The van der Waals surface area contributed by atoms with E-state index >= 15 is 0 Å². The Bertz CT molecular complexity index is 455. The van der Waals surface area contributed by atoms with Crippen LogP contribution < -0.4 is 10.6 Å². The maximum absolute atomic E-state index is 7.82. The molecule has 2 rings (SSSR count). The molecule has 1 aromatic rings. The van der Waals surface area contributed by atoms with E-state index in [2.05, 4.69) is 16.8 Å². The normalized spacial score (nSPS) is 20.1. The van der Waals surface area contributed by atoms with Gasteiger partial charge in [0.1, 0.15) is 11.7 Å². The van der Waals surface area contributed by atoms with Crippen molar-refractivity contribution in [2.75, 3.05) is 11.4 Å². The lowest BCUT2D eigenvalue weighted by Gasteiger charge is -2.32. The lowest BCUT2D eigenvalue weighted by atomic mass is 10.1. The number of aryl methyl sites for hydroxylation is 1. The van der Waals surface area contributed by atoms with Crippen molar-refractivity contribution >= 4 is 11.7 Å². The number of nitrogens with one attached hydrogen (secondary N) is 1. The lowest BCUT2D eigenvalue weighted by Crippen LogP contribution is -2.37. The Hall–Kier alpha value is -1.58. The predicted octanol–water partition coefficient (Wildman–Crippen LogP) is 2.83. The summed E-state index contributed by atoms with van der Waals surface area (Å²) in [5, 5.41) is 7.82. The molecule has 0 saturated carbocycles. The number of amidine groups is 1. The molecule has 1 saturated heterocycles. The zero-order chi connectivity index (χ0) is 13.8. The number of hydrogen-bond acceptors (Lipinski definition) is 3. The zero-order valence-electron chi connectivity index (χ0n) is 11.9. The number of aromatic nitrogens is 1. The summed E-state index contributed by atoms with van der Waals surface area (Å²) in [7, 11) is 0. The molecule has 0 radical (unpaired) electrons. The Balaban J connectivity index is 2.43. The molecular formula is C15H24N4. The monoisotopic (exact) mass is 260 g/mol. The van der Waals surface area contributed by atoms with E-state index in [0.717, 1.165) is 29.9 Å². The average Bonchev–Trinajstić information content (AvgIpc) is 2.62. The van der Waals surface area contributed by atoms with Crippen molar-refractivity contribution in [2.24, 2.45) is 5.73 Å². The van der Waals surface area contributed by atoms with Crippen molar-refractivity contribution in [1.29, 1.82) is 5.41 Å². The zero-order valence-corrected chi connectivity index (χ0v) is 11.9. The summed E-state index contributed by atoms with van der Waals surface area (Å²) in [6.07, 6.45) is 7.93. The van der Waals surface area contributed by atoms with E-state index in [4.69, 9.17) is 11.1 Å². The Morgan fingerprint density at radius 1 is 1.47 bits per heavy atom. The van der Waals surface area contributed by atoms with E-state index in [-0.39, 0.29) is 5.84 Å². The summed E-state index contributed by atoms with van der Waals surface area (Å²) in [5.41, 5.74) is 7.61. The third kappa shape index (κ3) is 2.88. The molecule has 1 atom stereocenters. The topological polar surface area (TPSA) is 66.0 Å². The highest BCUT2D eigenvalue weighted by atomic mass is 15.2. The molecule has 2 heterocycles. The van der Waals surface area contributed by atoms with E-state index in [9.17, 15) is 0 Å². The molecule has 0 amide bonds. The van der Waals surface area contributed by atoms with Crippen LogP contribution in [0.2, 0.25) is 0 Å². The minimum atomic E-state index is 0.125. The van der Waals surface area contributed by atoms with Crippen molar-refractivity contribution in [2.45, 2.75) is 52.0 Å². The summed E-state index contributed by atoms with van der Waals surface area (Å²) in [6, 6.07) is 2.45. The van der Waals surface area contributed by atoms with Crippen LogP contribution in [0.3, 0.4) is 0 Å². The van der Waals surface area contributed by atoms with Gasteiger partial charge in [-0.05, 0) is 37.8 Å². The number of hydrogen-bond donors (Lipinski definition) is 2. The fraction of sp³-hybridized carbons (Fsp3) is 0.600. The molecule has 1 unspecified atom stereocenters. The van der Waals surface area contributed by atoms with Crippen molar-refractivity contribution in [3.8, 4) is 0 Å². The average molecular weight is 260 g/mol. The molecule has 19 heavy (non-hydrogen) atoms. The third-order valence-corrected chi connectivity index (χ3v) is 4.03. The fourth-order valence-corrected chi connectivity index (χ4v) is 2.98. The van der Waals surface area contributed by atoms with Crippen LogP contribution in [0.15, 0.2) is 12.3 Å². The summed E-state index contributed by atoms with van der Waals surface area (Å²) < 4.78 is 0. The van der Waals surface area contributed by atoms with Crippen molar-refractivity contribution in [3.63, 3.8) is 0 Å². The lowest BCUT2D eigenvalue weighted by molar-refractivity contribution is 0.552. The Morgan fingerprint density at radius 3 is 2.95 bits per heavy atom. The molecule has 0 aliphatic carbocycles. The molecule has 104 valence electrons. The van der Waals surface area contributed by atoms with Crippen molar-refractivity contribution in [1.82, 2.24) is 4.98 Å². The number of anilines is 1. The summed E-state index contributed by atoms with van der Waals surface area (Å²) in [5.74, 6) is 1.03. The van der Waals surface area contributed by atoms with Gasteiger partial charge in [-0.3, -0.25) is 5.41 Å². The molecule has 4 heteroatoms. The second kappa shape index (κ2) is 6.04. The first-order chi connectivity index (χ1) is 9.15. The highest BCUT2D eigenvalue weighted by Crippen LogP contribution is 2.28. The van der Waals surface area contributed by atoms with Crippen LogP contribution in [-0.4, -0.2) is 23.4 Å². The van der Waals surface area contributed by atoms with Gasteiger partial charge >= 0.3 is 0 Å². The molecule has 1 aliphatic heterocycles. The van der Waals surface area contributed by atoms with E-state index in [1.165, 1.54) is 25.7 Å². The number of rotatable bonds is 3. The second-order valence-corrected chi connectivity index (χ2v) is 5.34. The summed E-state index contributed by atoms with van der Waals surface area (Å²) >= 11 is 0. The maximum atomic E-state index is 7.82. The van der Waals surface area contributed by atoms with Crippen LogP contribution in [0.1, 0.15) is 50.2 Å². The first-order valence-corrected chi connectivity index (χ1v) is 7.21. The molecule has 1 aromatic heterocycles. The van der Waals surface area contributed by atoms with Gasteiger partial charge in [-0.15, -0.1) is 0 Å². The fourth-order valence-electron chi connectivity index (χ4n) is 2.98. The van der Waals surface area contributed by atoms with Gasteiger partial charge in [0.25, 0.3) is 0 Å². The van der Waals surface area contributed by atoms with E-state index in [1.807, 2.05) is 19.2 Å². The minimum absolute atomic E-state index is 0.125.